The molecular weight excluding hydrogens is 346 g/mol. The van der Waals surface area contributed by atoms with E-state index >= 15 is 0 Å². The third kappa shape index (κ3) is 3.57. The summed E-state index contributed by atoms with van der Waals surface area (Å²) in [5.41, 5.74) is 3.10. The highest BCUT2D eigenvalue weighted by Crippen LogP contribution is 2.16. The van der Waals surface area contributed by atoms with Gasteiger partial charge in [-0.05, 0) is 30.7 Å². The summed E-state index contributed by atoms with van der Waals surface area (Å²) in [5, 5.41) is 0. The zero-order valence-corrected chi connectivity index (χ0v) is 14.7. The molecule has 7 nitrogen and oxygen atoms in total. The van der Waals surface area contributed by atoms with Crippen LogP contribution in [-0.4, -0.2) is 20.3 Å². The van der Waals surface area contributed by atoms with E-state index in [0.717, 1.165) is 11.1 Å². The number of hydrogen-bond donors (Lipinski definition) is 0. The minimum Gasteiger partial charge on any atom is -0.459 e. The van der Waals surface area contributed by atoms with Crippen LogP contribution >= 0.6 is 0 Å². The van der Waals surface area contributed by atoms with Crippen LogP contribution in [0.3, 0.4) is 0 Å². The maximum atomic E-state index is 12.2. The molecule has 136 valence electrons. The predicted octanol–water partition coefficient (Wildman–Crippen LogP) is 2.82. The molecule has 27 heavy (non-hydrogen) atoms. The van der Waals surface area contributed by atoms with Crippen LogP contribution in [0.1, 0.15) is 23.6 Å². The Kier molecular flexibility index (Phi) is 4.42. The number of benzene rings is 1. The summed E-state index contributed by atoms with van der Waals surface area (Å²) < 4.78 is 12.3. The molecular formula is C20H17N3O4. The van der Waals surface area contributed by atoms with Crippen LogP contribution in [0.4, 0.5) is 0 Å². The maximum absolute atomic E-state index is 12.2. The van der Waals surface area contributed by atoms with Gasteiger partial charge in [-0.25, -0.2) is 9.97 Å². The Labute approximate surface area is 154 Å². The van der Waals surface area contributed by atoms with Crippen molar-refractivity contribution < 1.29 is 13.9 Å². The second-order valence-corrected chi connectivity index (χ2v) is 6.21. The molecule has 0 radical (unpaired) electrons. The molecule has 0 saturated carbocycles. The van der Waals surface area contributed by atoms with Gasteiger partial charge in [0.05, 0.1) is 12.1 Å². The van der Waals surface area contributed by atoms with Crippen molar-refractivity contribution in [1.29, 1.82) is 0 Å². The summed E-state index contributed by atoms with van der Waals surface area (Å²) in [5.74, 6) is 0.0925. The Balaban J connectivity index is 1.39. The summed E-state index contributed by atoms with van der Waals surface area (Å²) in [6, 6.07) is 12.5. The zero-order valence-electron chi connectivity index (χ0n) is 14.7. The molecule has 0 saturated heterocycles. The summed E-state index contributed by atoms with van der Waals surface area (Å²) in [6.07, 6.45) is 2.15. The molecule has 3 aromatic heterocycles. The van der Waals surface area contributed by atoms with Crippen molar-refractivity contribution in [3.8, 4) is 0 Å². The van der Waals surface area contributed by atoms with E-state index in [-0.39, 0.29) is 18.6 Å². The number of nitrogens with zero attached hydrogens (tertiary/aromatic N) is 3. The van der Waals surface area contributed by atoms with Crippen LogP contribution < -0.4 is 5.56 Å². The van der Waals surface area contributed by atoms with E-state index in [9.17, 15) is 9.59 Å². The minimum absolute atomic E-state index is 0.0491. The van der Waals surface area contributed by atoms with Gasteiger partial charge in [-0.15, -0.1) is 0 Å². The summed E-state index contributed by atoms with van der Waals surface area (Å²) in [6.45, 7) is 1.82. The van der Waals surface area contributed by atoms with Crippen molar-refractivity contribution in [2.75, 3.05) is 0 Å². The first kappa shape index (κ1) is 17.0. The van der Waals surface area contributed by atoms with Gasteiger partial charge in [0.1, 0.15) is 17.8 Å². The molecule has 0 unspecified atom stereocenters. The van der Waals surface area contributed by atoms with Gasteiger partial charge in [-0.2, -0.15) is 0 Å². The molecule has 0 fully saturated rings. The Hall–Kier alpha value is -3.48. The fraction of sp³-hybridized carbons (Fsp3) is 0.200. The van der Waals surface area contributed by atoms with Gasteiger partial charge in [-0.1, -0.05) is 18.2 Å². The number of para-hydroxylation sites is 2. The Morgan fingerprint density at radius 2 is 2.04 bits per heavy atom. The minimum atomic E-state index is -0.399. The molecule has 0 aliphatic heterocycles. The largest absolute Gasteiger partial charge is 0.459 e. The van der Waals surface area contributed by atoms with E-state index in [1.807, 2.05) is 37.3 Å². The van der Waals surface area contributed by atoms with E-state index in [2.05, 4.69) is 9.97 Å². The van der Waals surface area contributed by atoms with Crippen LogP contribution in [0.5, 0.6) is 0 Å². The number of rotatable bonds is 5. The quantitative estimate of drug-likeness (QED) is 0.507. The van der Waals surface area contributed by atoms with Crippen molar-refractivity contribution in [2.24, 2.45) is 0 Å². The number of hydrogen-bond acceptors (Lipinski definition) is 6. The normalized spacial score (nSPS) is 11.1. The van der Waals surface area contributed by atoms with E-state index in [0.29, 0.717) is 29.2 Å². The van der Waals surface area contributed by atoms with E-state index < -0.39 is 5.97 Å². The number of fused-ring (bicyclic) bond motifs is 2. The standard InChI is InChI=1S/C20H17N3O4/c1-13-5-4-10-23-18(24)11-14(21-20(13)23)12-26-19(25)9-8-17-22-15-6-2-3-7-16(15)27-17/h2-7,10-11H,8-9,12H2,1H3. The molecule has 7 heteroatoms. The van der Waals surface area contributed by atoms with Crippen molar-refractivity contribution in [2.45, 2.75) is 26.4 Å². The lowest BCUT2D eigenvalue weighted by Gasteiger charge is -2.07. The number of aryl methyl sites for hydroxylation is 2. The number of pyridine rings is 1. The van der Waals surface area contributed by atoms with E-state index in [4.69, 9.17) is 9.15 Å². The third-order valence-corrected chi connectivity index (χ3v) is 4.20. The maximum Gasteiger partial charge on any atom is 0.306 e. The fourth-order valence-electron chi connectivity index (χ4n) is 2.85. The molecule has 0 spiro atoms. The molecule has 0 bridgehead atoms. The number of aromatic nitrogens is 3. The molecule has 0 amide bonds. The van der Waals surface area contributed by atoms with Gasteiger partial charge >= 0.3 is 5.97 Å². The molecule has 0 aliphatic carbocycles. The van der Waals surface area contributed by atoms with Gasteiger partial charge in [0, 0.05) is 18.7 Å². The average molecular weight is 363 g/mol. The number of oxazole rings is 1. The van der Waals surface area contributed by atoms with Gasteiger partial charge in [0.25, 0.3) is 5.56 Å². The van der Waals surface area contributed by atoms with Gasteiger partial charge in [-0.3, -0.25) is 14.0 Å². The Morgan fingerprint density at radius 3 is 2.89 bits per heavy atom. The van der Waals surface area contributed by atoms with Gasteiger partial charge in [0.2, 0.25) is 0 Å². The van der Waals surface area contributed by atoms with Crippen LogP contribution in [0.2, 0.25) is 0 Å². The van der Waals surface area contributed by atoms with Crippen LogP contribution in [0.15, 0.2) is 57.9 Å². The molecule has 4 aromatic rings. The highest BCUT2D eigenvalue weighted by Gasteiger charge is 2.11. The van der Waals surface area contributed by atoms with Crippen LogP contribution in [0.25, 0.3) is 16.7 Å². The topological polar surface area (TPSA) is 86.7 Å². The highest BCUT2D eigenvalue weighted by atomic mass is 16.5. The number of carbonyl (C=O) groups excluding carboxylic acids is 1. The first-order chi connectivity index (χ1) is 13.1. The Bertz CT molecular complexity index is 1160. The summed E-state index contributed by atoms with van der Waals surface area (Å²) >= 11 is 0. The molecule has 4 rings (SSSR count). The lowest BCUT2D eigenvalue weighted by Crippen LogP contribution is -2.17. The lowest BCUT2D eigenvalue weighted by molar-refractivity contribution is -0.145. The van der Waals surface area contributed by atoms with Crippen LogP contribution in [-0.2, 0) is 22.6 Å². The smallest absolute Gasteiger partial charge is 0.306 e. The molecule has 0 N–H and O–H groups in total. The second kappa shape index (κ2) is 7.03. The molecule has 1 aromatic carbocycles. The first-order valence-electron chi connectivity index (χ1n) is 8.58. The lowest BCUT2D eigenvalue weighted by atomic mass is 10.3. The molecule has 0 aliphatic rings. The average Bonchev–Trinajstić information content (AvgIpc) is 3.08. The van der Waals surface area contributed by atoms with Crippen molar-refractivity contribution in [1.82, 2.24) is 14.4 Å². The summed E-state index contributed by atoms with van der Waals surface area (Å²) in [7, 11) is 0. The van der Waals surface area contributed by atoms with Gasteiger partial charge in [0.15, 0.2) is 11.5 Å². The number of ether oxygens (including phenoxy) is 1. The molecule has 3 heterocycles. The summed E-state index contributed by atoms with van der Waals surface area (Å²) in [4.78, 5) is 32.9. The monoisotopic (exact) mass is 363 g/mol. The van der Waals surface area contributed by atoms with Crippen molar-refractivity contribution >= 4 is 22.7 Å². The fourth-order valence-corrected chi connectivity index (χ4v) is 2.85. The first-order valence-corrected chi connectivity index (χ1v) is 8.58. The number of carbonyl (C=O) groups is 1. The predicted molar refractivity (Wildman–Crippen MR) is 98.3 cm³/mol. The number of esters is 1. The second-order valence-electron chi connectivity index (χ2n) is 6.21. The SMILES string of the molecule is Cc1cccn2c(=O)cc(COC(=O)CCc3nc4ccccc4o3)nc12. The van der Waals surface area contributed by atoms with E-state index in [1.165, 1.54) is 10.5 Å². The Morgan fingerprint density at radius 1 is 1.19 bits per heavy atom. The zero-order chi connectivity index (χ0) is 18.8. The molecule has 0 atom stereocenters. The van der Waals surface area contributed by atoms with Crippen molar-refractivity contribution in [3.05, 3.63) is 76.2 Å². The third-order valence-electron chi connectivity index (χ3n) is 4.20. The van der Waals surface area contributed by atoms with E-state index in [1.54, 1.807) is 12.3 Å². The van der Waals surface area contributed by atoms with Gasteiger partial charge < -0.3 is 9.15 Å². The van der Waals surface area contributed by atoms with Crippen molar-refractivity contribution in [3.63, 3.8) is 0 Å². The highest BCUT2D eigenvalue weighted by molar-refractivity contribution is 5.72. The van der Waals surface area contributed by atoms with Crippen LogP contribution in [0, 0.1) is 6.92 Å².